The molecule has 6 aromatic rings. The molecule has 0 unspecified atom stereocenters. The molecule has 2 aliphatic rings. The summed E-state index contributed by atoms with van der Waals surface area (Å²) in [6.45, 7) is 3.86. The van der Waals surface area contributed by atoms with E-state index in [0.29, 0.717) is 41.1 Å². The monoisotopic (exact) mass is 825 g/mol. The van der Waals surface area contributed by atoms with Gasteiger partial charge in [-0.05, 0) is 98.2 Å². The normalized spacial score (nSPS) is 15.5. The molecule has 61 heavy (non-hydrogen) atoms. The highest BCUT2D eigenvalue weighted by Gasteiger charge is 2.26. The largest absolute Gasteiger partial charge is 0.496 e. The van der Waals surface area contributed by atoms with Crippen LogP contribution in [0.15, 0.2) is 109 Å². The Morgan fingerprint density at radius 1 is 0.607 bits per heavy atom. The van der Waals surface area contributed by atoms with Gasteiger partial charge in [0.15, 0.2) is 11.6 Å². The van der Waals surface area contributed by atoms with Gasteiger partial charge in [0.1, 0.15) is 23.1 Å². The molecular formula is C45H51N11O5. The van der Waals surface area contributed by atoms with Crippen LogP contribution in [0, 0.1) is 11.8 Å². The highest BCUT2D eigenvalue weighted by molar-refractivity contribution is 5.83. The Morgan fingerprint density at radius 3 is 1.59 bits per heavy atom. The van der Waals surface area contributed by atoms with E-state index < -0.39 is 5.97 Å². The fourth-order valence-corrected chi connectivity index (χ4v) is 7.35. The number of nitrogens with zero attached hydrogens (tertiary/aromatic N) is 10. The molecular weight excluding hydrogens is 775 g/mol. The zero-order valence-electron chi connectivity index (χ0n) is 34.5. The Morgan fingerprint density at radius 2 is 1.13 bits per heavy atom. The maximum atomic E-state index is 12.5. The number of rotatable bonds is 14. The van der Waals surface area contributed by atoms with Gasteiger partial charge in [0.05, 0.1) is 44.1 Å². The van der Waals surface area contributed by atoms with Crippen molar-refractivity contribution in [3.63, 3.8) is 0 Å². The third kappa shape index (κ3) is 13.5. The molecule has 3 N–H and O–H groups in total. The van der Waals surface area contributed by atoms with Gasteiger partial charge >= 0.3 is 5.97 Å². The number of Topliss-reactive ketones (excluding diaryl/α,β-unsaturated/α-hetero) is 1. The summed E-state index contributed by atoms with van der Waals surface area (Å²) in [7, 11) is 3.14. The predicted molar refractivity (Wildman–Crippen MR) is 230 cm³/mol. The van der Waals surface area contributed by atoms with Gasteiger partial charge in [-0.25, -0.2) is 0 Å². The van der Waals surface area contributed by atoms with Crippen molar-refractivity contribution in [1.29, 1.82) is 0 Å². The topological polar surface area (TPSA) is 208 Å². The SMILES string of the molecule is COc1ccccc1CC(=O)Cc1ccc(N2CC[C@@H](Cc3cccnn3)C2)nn1.COc1ccccc1CC(=O)O.Nc1ccc(N2CC[C@@H](Cc3cccnn3)C2)nn1. The second kappa shape index (κ2) is 22.3. The summed E-state index contributed by atoms with van der Waals surface area (Å²) in [5, 5.41) is 41.4. The van der Waals surface area contributed by atoms with E-state index in [9.17, 15) is 9.59 Å². The average Bonchev–Trinajstić information content (AvgIpc) is 3.96. The molecule has 2 atom stereocenters. The van der Waals surface area contributed by atoms with Crippen LogP contribution < -0.4 is 25.0 Å². The van der Waals surface area contributed by atoms with Gasteiger partial charge in [-0.2, -0.15) is 25.5 Å². The lowest BCUT2D eigenvalue weighted by Crippen LogP contribution is -2.22. The molecule has 16 nitrogen and oxygen atoms in total. The summed E-state index contributed by atoms with van der Waals surface area (Å²) in [6, 6.07) is 30.2. The Kier molecular flexibility index (Phi) is 15.9. The molecule has 4 aromatic heterocycles. The number of carbonyl (C=O) groups is 2. The van der Waals surface area contributed by atoms with Gasteiger partial charge in [0.25, 0.3) is 0 Å². The van der Waals surface area contributed by atoms with Crippen molar-refractivity contribution in [3.05, 3.63) is 138 Å². The van der Waals surface area contributed by atoms with E-state index in [0.717, 1.165) is 86.2 Å². The van der Waals surface area contributed by atoms with E-state index in [4.69, 9.17) is 20.3 Å². The number of ether oxygens (including phenoxy) is 2. The number of hydrogen-bond acceptors (Lipinski definition) is 15. The number of benzene rings is 2. The second-order valence-corrected chi connectivity index (χ2v) is 14.8. The summed E-state index contributed by atoms with van der Waals surface area (Å²) < 4.78 is 10.3. The van der Waals surface area contributed by atoms with Crippen molar-refractivity contribution in [2.75, 3.05) is 55.9 Å². The first kappa shape index (κ1) is 43.5. The fourth-order valence-electron chi connectivity index (χ4n) is 7.35. The third-order valence-electron chi connectivity index (χ3n) is 10.3. The molecule has 316 valence electrons. The highest BCUT2D eigenvalue weighted by atomic mass is 16.5. The maximum absolute atomic E-state index is 12.5. The van der Waals surface area contributed by atoms with Crippen molar-refractivity contribution in [2.45, 2.75) is 44.9 Å². The van der Waals surface area contributed by atoms with E-state index >= 15 is 0 Å². The number of carboxylic acid groups (broad SMARTS) is 1. The van der Waals surface area contributed by atoms with Crippen LogP contribution in [0.5, 0.6) is 11.5 Å². The zero-order chi connectivity index (χ0) is 42.8. The zero-order valence-corrected chi connectivity index (χ0v) is 34.5. The summed E-state index contributed by atoms with van der Waals surface area (Å²) >= 11 is 0. The molecule has 2 aromatic carbocycles. The summed E-state index contributed by atoms with van der Waals surface area (Å²) in [6.07, 6.45) is 8.12. The first-order valence-electron chi connectivity index (χ1n) is 20.2. The lowest BCUT2D eigenvalue weighted by atomic mass is 10.0. The average molecular weight is 826 g/mol. The van der Waals surface area contributed by atoms with Crippen LogP contribution in [0.4, 0.5) is 17.5 Å². The number of hydrogen-bond donors (Lipinski definition) is 2. The first-order chi connectivity index (χ1) is 29.8. The van der Waals surface area contributed by atoms with Crippen molar-refractivity contribution < 1.29 is 24.2 Å². The molecule has 8 rings (SSSR count). The minimum atomic E-state index is -0.848. The smallest absolute Gasteiger partial charge is 0.307 e. The quantitative estimate of drug-likeness (QED) is 0.149. The van der Waals surface area contributed by atoms with Crippen molar-refractivity contribution in [1.82, 2.24) is 40.8 Å². The predicted octanol–water partition coefficient (Wildman–Crippen LogP) is 4.94. The second-order valence-electron chi connectivity index (χ2n) is 14.8. The van der Waals surface area contributed by atoms with Crippen LogP contribution in [0.1, 0.15) is 41.1 Å². The van der Waals surface area contributed by atoms with Gasteiger partial charge in [-0.1, -0.05) is 36.4 Å². The van der Waals surface area contributed by atoms with Gasteiger partial charge in [-0.3, -0.25) is 9.59 Å². The number of nitrogen functional groups attached to an aromatic ring is 1. The van der Waals surface area contributed by atoms with Gasteiger partial charge in [0, 0.05) is 56.1 Å². The minimum absolute atomic E-state index is 0.00398. The van der Waals surface area contributed by atoms with Crippen LogP contribution in [0.3, 0.4) is 0 Å². The molecule has 6 heterocycles. The van der Waals surface area contributed by atoms with E-state index in [1.54, 1.807) is 43.8 Å². The summed E-state index contributed by atoms with van der Waals surface area (Å²) in [4.78, 5) is 27.3. The lowest BCUT2D eigenvalue weighted by molar-refractivity contribution is -0.136. The minimum Gasteiger partial charge on any atom is -0.496 e. The molecule has 2 saturated heterocycles. The van der Waals surface area contributed by atoms with E-state index in [1.807, 2.05) is 72.8 Å². The van der Waals surface area contributed by atoms with Crippen LogP contribution in [0.2, 0.25) is 0 Å². The molecule has 2 aliphatic heterocycles. The number of aliphatic carboxylic acids is 1. The number of methoxy groups -OCH3 is 2. The Bertz CT molecular complexity index is 2270. The lowest BCUT2D eigenvalue weighted by Gasteiger charge is -2.17. The molecule has 0 saturated carbocycles. The Hall–Kier alpha value is -7.10. The number of carboxylic acids is 1. The van der Waals surface area contributed by atoms with Crippen LogP contribution in [-0.4, -0.2) is 98.0 Å². The highest BCUT2D eigenvalue weighted by Crippen LogP contribution is 2.26. The fraction of sp³-hybridized carbons (Fsp3) is 0.333. The van der Waals surface area contributed by atoms with Crippen LogP contribution >= 0.6 is 0 Å². The molecule has 0 amide bonds. The molecule has 16 heteroatoms. The molecule has 0 spiro atoms. The van der Waals surface area contributed by atoms with Crippen LogP contribution in [0.25, 0.3) is 0 Å². The molecule has 0 aliphatic carbocycles. The standard InChI is InChI=1S/C23H25N5O2.C13H16N6.C9H10O3/c1-30-22-7-3-2-5-18(22)14-21(29)15-20-8-9-23(27-26-20)28-12-10-17(16-28)13-19-6-4-11-24-25-19;14-12-3-4-13(18-17-12)19-7-5-10(9-19)8-11-2-1-6-15-16-11;1-12-8-5-3-2-4-7(8)6-9(10)11/h2-9,11,17H,10,12-16H2,1H3;1-4,6,10H,5,7-9H2,(H2,14,17);2-5H,6H2,1H3,(H,10,11)/t17-;10-;/m00./s1. The number of carbonyl (C=O) groups excluding carboxylic acids is 1. The summed E-state index contributed by atoms with van der Waals surface area (Å²) in [5.74, 6) is 3.94. The van der Waals surface area contributed by atoms with E-state index in [2.05, 4.69) is 50.6 Å². The van der Waals surface area contributed by atoms with Crippen LogP contribution in [-0.2, 0) is 41.7 Å². The third-order valence-corrected chi connectivity index (χ3v) is 10.3. The Labute approximate surface area is 355 Å². The van der Waals surface area contributed by atoms with Crippen molar-refractivity contribution in [3.8, 4) is 11.5 Å². The molecule has 0 radical (unpaired) electrons. The Balaban J connectivity index is 0.000000171. The molecule has 2 fully saturated rings. The van der Waals surface area contributed by atoms with Gasteiger partial charge < -0.3 is 30.1 Å². The number of aromatic nitrogens is 8. The number of nitrogens with two attached hydrogens (primary N) is 1. The summed E-state index contributed by atoms with van der Waals surface area (Å²) in [5.41, 5.74) is 9.91. The van der Waals surface area contributed by atoms with Crippen molar-refractivity contribution in [2.24, 2.45) is 11.8 Å². The first-order valence-corrected chi connectivity index (χ1v) is 20.2. The maximum Gasteiger partial charge on any atom is 0.307 e. The number of anilines is 3. The number of ketones is 1. The number of para-hydroxylation sites is 2. The van der Waals surface area contributed by atoms with Gasteiger partial charge in [0.2, 0.25) is 0 Å². The molecule has 0 bridgehead atoms. The van der Waals surface area contributed by atoms with Gasteiger partial charge in [-0.15, -0.1) is 15.3 Å². The van der Waals surface area contributed by atoms with Crippen molar-refractivity contribution >= 4 is 29.2 Å². The van der Waals surface area contributed by atoms with E-state index in [-0.39, 0.29) is 18.6 Å². The van der Waals surface area contributed by atoms with E-state index in [1.165, 1.54) is 7.11 Å².